The van der Waals surface area contributed by atoms with Crippen LogP contribution in [0.5, 0.6) is 0 Å². The number of hydrogen-bond acceptors (Lipinski definition) is 3. The van der Waals surface area contributed by atoms with Gasteiger partial charge in [-0.2, -0.15) is 5.26 Å². The molecule has 2 aromatic carbocycles. The van der Waals surface area contributed by atoms with Crippen LogP contribution in [0.25, 0.3) is 6.08 Å². The standard InChI is InChI=1S/C26H30ClN3O/c1-7-30-24-10-17(3)19(12-22(24)18(4)14-26(30,5)6)11-20(15-28)25(31)29-23-13-21(27)9-8-16(23)2/h8-13,18H,7,14H2,1-6H3,(H,29,31)/b20-11-/t18-/m0/s1. The number of benzene rings is 2. The molecule has 0 aliphatic carbocycles. The molecule has 162 valence electrons. The minimum atomic E-state index is -0.436. The molecule has 1 aliphatic heterocycles. The second kappa shape index (κ2) is 8.77. The van der Waals surface area contributed by atoms with Crippen molar-refractivity contribution >= 4 is 35.0 Å². The van der Waals surface area contributed by atoms with E-state index in [1.807, 2.05) is 19.9 Å². The van der Waals surface area contributed by atoms with Crippen molar-refractivity contribution in [2.75, 3.05) is 16.8 Å². The molecule has 1 aliphatic rings. The molecule has 2 aromatic rings. The second-order valence-electron chi connectivity index (χ2n) is 9.01. The summed E-state index contributed by atoms with van der Waals surface area (Å²) in [5, 5.41) is 13.0. The third-order valence-corrected chi connectivity index (χ3v) is 6.44. The summed E-state index contributed by atoms with van der Waals surface area (Å²) in [7, 11) is 0. The van der Waals surface area contributed by atoms with Gasteiger partial charge in [-0.05, 0) is 99.6 Å². The Labute approximate surface area is 190 Å². The van der Waals surface area contributed by atoms with Crippen LogP contribution in [0.15, 0.2) is 35.9 Å². The molecule has 3 rings (SSSR count). The van der Waals surface area contributed by atoms with Crippen molar-refractivity contribution in [2.24, 2.45) is 0 Å². The molecule has 0 aromatic heterocycles. The Morgan fingerprint density at radius 3 is 2.65 bits per heavy atom. The van der Waals surface area contributed by atoms with Crippen LogP contribution < -0.4 is 10.2 Å². The number of nitrogens with zero attached hydrogens (tertiary/aromatic N) is 2. The monoisotopic (exact) mass is 435 g/mol. The van der Waals surface area contributed by atoms with E-state index in [1.54, 1.807) is 18.2 Å². The summed E-state index contributed by atoms with van der Waals surface area (Å²) in [5.41, 5.74) is 6.11. The molecule has 0 bridgehead atoms. The molecule has 4 nitrogen and oxygen atoms in total. The molecule has 0 unspecified atom stereocenters. The summed E-state index contributed by atoms with van der Waals surface area (Å²) in [6, 6.07) is 11.7. The first-order valence-corrected chi connectivity index (χ1v) is 11.1. The number of nitriles is 1. The number of hydrogen-bond donors (Lipinski definition) is 1. The zero-order valence-electron chi connectivity index (χ0n) is 19.1. The van der Waals surface area contributed by atoms with Crippen LogP contribution in [-0.2, 0) is 4.79 Å². The Morgan fingerprint density at radius 2 is 2.00 bits per heavy atom. The molecule has 0 saturated heterocycles. The summed E-state index contributed by atoms with van der Waals surface area (Å²) >= 11 is 6.05. The average Bonchev–Trinajstić information content (AvgIpc) is 2.69. The van der Waals surface area contributed by atoms with E-state index in [1.165, 1.54) is 11.3 Å². The van der Waals surface area contributed by atoms with Gasteiger partial charge in [0.15, 0.2) is 0 Å². The number of carbonyl (C=O) groups excluding carboxylic acids is 1. The highest BCUT2D eigenvalue weighted by atomic mass is 35.5. The number of fused-ring (bicyclic) bond motifs is 1. The fourth-order valence-electron chi connectivity index (χ4n) is 4.63. The number of halogens is 1. The lowest BCUT2D eigenvalue weighted by molar-refractivity contribution is -0.112. The summed E-state index contributed by atoms with van der Waals surface area (Å²) < 4.78 is 0. The Kier molecular flexibility index (Phi) is 6.48. The summed E-state index contributed by atoms with van der Waals surface area (Å²) in [4.78, 5) is 15.3. The smallest absolute Gasteiger partial charge is 0.266 e. The third-order valence-electron chi connectivity index (χ3n) is 6.20. The molecule has 31 heavy (non-hydrogen) atoms. The summed E-state index contributed by atoms with van der Waals surface area (Å²) in [6.45, 7) is 13.9. The Balaban J connectivity index is 1.98. The molecule has 0 spiro atoms. The van der Waals surface area contributed by atoms with Crippen LogP contribution in [0.1, 0.15) is 62.3 Å². The number of rotatable bonds is 4. The minimum absolute atomic E-state index is 0.0681. The topological polar surface area (TPSA) is 56.1 Å². The normalized spacial score (nSPS) is 17.7. The van der Waals surface area contributed by atoms with Crippen molar-refractivity contribution in [3.63, 3.8) is 0 Å². The number of aryl methyl sites for hydroxylation is 2. The lowest BCUT2D eigenvalue weighted by Crippen LogP contribution is -2.48. The SMILES string of the molecule is CCN1c2cc(C)c(/C=C(/C#N)C(=O)Nc3cc(Cl)ccc3C)cc2[C@@H](C)CC1(C)C. The number of anilines is 2. The highest BCUT2D eigenvalue weighted by Gasteiger charge is 2.35. The van der Waals surface area contributed by atoms with Gasteiger partial charge in [0.05, 0.1) is 0 Å². The maximum Gasteiger partial charge on any atom is 0.266 e. The minimum Gasteiger partial charge on any atom is -0.366 e. The van der Waals surface area contributed by atoms with E-state index in [9.17, 15) is 10.1 Å². The zero-order chi connectivity index (χ0) is 22.9. The largest absolute Gasteiger partial charge is 0.366 e. The molecule has 1 N–H and O–H groups in total. The predicted octanol–water partition coefficient (Wildman–Crippen LogP) is 6.61. The van der Waals surface area contributed by atoms with Gasteiger partial charge in [-0.15, -0.1) is 0 Å². The van der Waals surface area contributed by atoms with Crippen LogP contribution in [0.3, 0.4) is 0 Å². The molecule has 5 heteroatoms. The molecule has 0 fully saturated rings. The van der Waals surface area contributed by atoms with Gasteiger partial charge < -0.3 is 10.2 Å². The fraction of sp³-hybridized carbons (Fsp3) is 0.385. The van der Waals surface area contributed by atoms with Crippen LogP contribution in [0.2, 0.25) is 5.02 Å². The van der Waals surface area contributed by atoms with Gasteiger partial charge in [-0.1, -0.05) is 24.6 Å². The molecule has 0 radical (unpaired) electrons. The highest BCUT2D eigenvalue weighted by Crippen LogP contribution is 2.44. The predicted molar refractivity (Wildman–Crippen MR) is 130 cm³/mol. The first kappa shape index (κ1) is 22.9. The van der Waals surface area contributed by atoms with E-state index in [0.29, 0.717) is 16.6 Å². The van der Waals surface area contributed by atoms with Crippen molar-refractivity contribution in [1.29, 1.82) is 5.26 Å². The van der Waals surface area contributed by atoms with E-state index in [-0.39, 0.29) is 11.1 Å². The Morgan fingerprint density at radius 1 is 1.29 bits per heavy atom. The highest BCUT2D eigenvalue weighted by molar-refractivity contribution is 6.31. The average molecular weight is 436 g/mol. The van der Waals surface area contributed by atoms with Gasteiger partial charge in [-0.3, -0.25) is 4.79 Å². The van der Waals surface area contributed by atoms with Gasteiger partial charge in [0.2, 0.25) is 0 Å². The van der Waals surface area contributed by atoms with Crippen molar-refractivity contribution < 1.29 is 4.79 Å². The van der Waals surface area contributed by atoms with Gasteiger partial charge in [-0.25, -0.2) is 0 Å². The van der Waals surface area contributed by atoms with Crippen molar-refractivity contribution in [1.82, 2.24) is 0 Å². The molecular weight excluding hydrogens is 406 g/mol. The first-order chi connectivity index (χ1) is 14.6. The number of carbonyl (C=O) groups is 1. The summed E-state index contributed by atoms with van der Waals surface area (Å²) in [5.74, 6) is -0.0385. The van der Waals surface area contributed by atoms with Gasteiger partial charge in [0, 0.05) is 28.5 Å². The van der Waals surface area contributed by atoms with Crippen LogP contribution in [-0.4, -0.2) is 18.0 Å². The molecule has 1 amide bonds. The molecule has 1 atom stereocenters. The molecule has 0 saturated carbocycles. The third kappa shape index (κ3) is 4.62. The zero-order valence-corrected chi connectivity index (χ0v) is 19.9. The first-order valence-electron chi connectivity index (χ1n) is 10.7. The van der Waals surface area contributed by atoms with Crippen molar-refractivity contribution in [2.45, 2.75) is 59.4 Å². The quantitative estimate of drug-likeness (QED) is 0.434. The van der Waals surface area contributed by atoms with Crippen molar-refractivity contribution in [3.8, 4) is 6.07 Å². The molecular formula is C26H30ClN3O. The van der Waals surface area contributed by atoms with Crippen LogP contribution in [0.4, 0.5) is 11.4 Å². The summed E-state index contributed by atoms with van der Waals surface area (Å²) in [6.07, 6.45) is 2.74. The lowest BCUT2D eigenvalue weighted by atomic mass is 9.79. The van der Waals surface area contributed by atoms with Crippen molar-refractivity contribution in [3.05, 3.63) is 63.2 Å². The lowest BCUT2D eigenvalue weighted by Gasteiger charge is -2.47. The van der Waals surface area contributed by atoms with E-state index in [0.717, 1.165) is 29.7 Å². The Hall–Kier alpha value is -2.77. The Bertz CT molecular complexity index is 1090. The van der Waals surface area contributed by atoms with Crippen LogP contribution >= 0.6 is 11.6 Å². The van der Waals surface area contributed by atoms with Crippen LogP contribution in [0, 0.1) is 25.2 Å². The van der Waals surface area contributed by atoms with E-state index < -0.39 is 5.91 Å². The van der Waals surface area contributed by atoms with E-state index in [2.05, 4.69) is 56.1 Å². The second-order valence-corrected chi connectivity index (χ2v) is 9.45. The van der Waals surface area contributed by atoms with Gasteiger partial charge in [0.1, 0.15) is 11.6 Å². The van der Waals surface area contributed by atoms with Gasteiger partial charge in [0.25, 0.3) is 5.91 Å². The fourth-order valence-corrected chi connectivity index (χ4v) is 4.80. The maximum absolute atomic E-state index is 12.8. The number of nitrogens with one attached hydrogen (secondary N) is 1. The van der Waals surface area contributed by atoms with Gasteiger partial charge >= 0.3 is 0 Å². The molecule has 1 heterocycles. The number of amides is 1. The van der Waals surface area contributed by atoms with E-state index in [4.69, 9.17) is 11.6 Å². The maximum atomic E-state index is 12.8. The van der Waals surface area contributed by atoms with E-state index >= 15 is 0 Å².